The van der Waals surface area contributed by atoms with Crippen molar-refractivity contribution in [1.82, 2.24) is 9.62 Å². The van der Waals surface area contributed by atoms with Crippen LogP contribution in [0.15, 0.2) is 29.2 Å². The smallest absolute Gasteiger partial charge is 0.401 e. The van der Waals surface area contributed by atoms with Gasteiger partial charge >= 0.3 is 12.1 Å². The molecule has 0 radical (unpaired) electrons. The Kier molecular flexibility index (Phi) is 6.54. The van der Waals surface area contributed by atoms with Crippen LogP contribution in [0.4, 0.5) is 13.2 Å². The number of sulfonamides is 1. The highest BCUT2D eigenvalue weighted by Crippen LogP contribution is 2.15. The average molecular weight is 354 g/mol. The number of carboxylic acid groups (broad SMARTS) is 1. The van der Waals surface area contributed by atoms with Crippen molar-refractivity contribution >= 4 is 16.0 Å². The summed E-state index contributed by atoms with van der Waals surface area (Å²) < 4.78 is 62.5. The van der Waals surface area contributed by atoms with Crippen LogP contribution in [0.2, 0.25) is 0 Å². The zero-order valence-corrected chi connectivity index (χ0v) is 13.1. The van der Waals surface area contributed by atoms with E-state index in [-0.39, 0.29) is 30.0 Å². The lowest BCUT2D eigenvalue weighted by molar-refractivity contribution is -0.143. The Morgan fingerprint density at radius 3 is 2.30 bits per heavy atom. The summed E-state index contributed by atoms with van der Waals surface area (Å²) in [5.74, 6) is -1.17. The molecule has 0 heterocycles. The van der Waals surface area contributed by atoms with Crippen molar-refractivity contribution in [3.63, 3.8) is 0 Å². The van der Waals surface area contributed by atoms with Crippen LogP contribution in [0.5, 0.6) is 0 Å². The van der Waals surface area contributed by atoms with E-state index in [1.165, 1.54) is 7.05 Å². The number of halogens is 3. The first kappa shape index (κ1) is 19.4. The zero-order valence-electron chi connectivity index (χ0n) is 12.3. The van der Waals surface area contributed by atoms with Crippen LogP contribution in [0.25, 0.3) is 0 Å². The SMILES string of the molecule is CN(CCCNS(=O)(=O)c1ccc(C(=O)O)cc1)CC(F)(F)F. The van der Waals surface area contributed by atoms with E-state index < -0.39 is 28.7 Å². The third-order valence-electron chi connectivity index (χ3n) is 2.87. The van der Waals surface area contributed by atoms with Gasteiger partial charge in [0, 0.05) is 6.54 Å². The van der Waals surface area contributed by atoms with E-state index in [2.05, 4.69) is 4.72 Å². The van der Waals surface area contributed by atoms with Crippen molar-refractivity contribution in [3.8, 4) is 0 Å². The first-order chi connectivity index (χ1) is 10.5. The second-order valence-corrected chi connectivity index (χ2v) is 6.70. The van der Waals surface area contributed by atoms with Crippen LogP contribution in [0.1, 0.15) is 16.8 Å². The monoisotopic (exact) mass is 354 g/mol. The summed E-state index contributed by atoms with van der Waals surface area (Å²) in [6.07, 6.45) is -4.08. The van der Waals surface area contributed by atoms with Crippen molar-refractivity contribution in [2.45, 2.75) is 17.5 Å². The first-order valence-corrected chi connectivity index (χ1v) is 8.08. The Labute approximate surface area is 132 Å². The number of carboxylic acids is 1. The van der Waals surface area contributed by atoms with Gasteiger partial charge in [-0.1, -0.05) is 0 Å². The van der Waals surface area contributed by atoms with E-state index in [4.69, 9.17) is 5.11 Å². The quantitative estimate of drug-likeness (QED) is 0.692. The molecule has 0 aliphatic carbocycles. The topological polar surface area (TPSA) is 86.7 Å². The van der Waals surface area contributed by atoms with Crippen LogP contribution in [-0.4, -0.2) is 57.3 Å². The number of nitrogens with one attached hydrogen (secondary N) is 1. The van der Waals surface area contributed by atoms with E-state index in [1.54, 1.807) is 0 Å². The standard InChI is InChI=1S/C13H17F3N2O4S/c1-18(9-13(14,15)16)8-2-7-17-23(21,22)11-5-3-10(4-6-11)12(19)20/h3-6,17H,2,7-9H2,1H3,(H,19,20). The molecule has 0 aromatic heterocycles. The minimum atomic E-state index is -4.29. The molecule has 0 spiro atoms. The summed E-state index contributed by atoms with van der Waals surface area (Å²) >= 11 is 0. The highest BCUT2D eigenvalue weighted by Gasteiger charge is 2.28. The van der Waals surface area contributed by atoms with Gasteiger partial charge in [-0.3, -0.25) is 4.90 Å². The third kappa shape index (κ3) is 6.97. The lowest BCUT2D eigenvalue weighted by atomic mass is 10.2. The summed E-state index contributed by atoms with van der Waals surface area (Å²) in [5.41, 5.74) is -0.0438. The fourth-order valence-corrected chi connectivity index (χ4v) is 2.87. The number of nitrogens with zero attached hydrogens (tertiary/aromatic N) is 1. The minimum Gasteiger partial charge on any atom is -0.478 e. The molecule has 0 fully saturated rings. The molecular formula is C13H17F3N2O4S. The summed E-state index contributed by atoms with van der Waals surface area (Å²) in [6, 6.07) is 4.63. The van der Waals surface area contributed by atoms with E-state index in [0.29, 0.717) is 0 Å². The van der Waals surface area contributed by atoms with Crippen LogP contribution >= 0.6 is 0 Å². The highest BCUT2D eigenvalue weighted by molar-refractivity contribution is 7.89. The number of hydrogen-bond acceptors (Lipinski definition) is 4. The Morgan fingerprint density at radius 2 is 1.83 bits per heavy atom. The molecule has 0 saturated carbocycles. The van der Waals surface area contributed by atoms with E-state index in [9.17, 15) is 26.4 Å². The van der Waals surface area contributed by atoms with Gasteiger partial charge in [0.1, 0.15) is 0 Å². The van der Waals surface area contributed by atoms with Gasteiger partial charge in [0.25, 0.3) is 0 Å². The predicted octanol–water partition coefficient (Wildman–Crippen LogP) is 1.55. The summed E-state index contributed by atoms with van der Waals surface area (Å²) in [6.45, 7) is -0.998. The van der Waals surface area contributed by atoms with Gasteiger partial charge in [-0.15, -0.1) is 0 Å². The normalized spacial score (nSPS) is 12.6. The number of aromatic carboxylic acids is 1. The second kappa shape index (κ2) is 7.75. The van der Waals surface area contributed by atoms with Gasteiger partial charge in [-0.2, -0.15) is 13.2 Å². The molecule has 1 aromatic carbocycles. The number of alkyl halides is 3. The summed E-state index contributed by atoms with van der Waals surface area (Å²) in [5, 5.41) is 8.73. The fourth-order valence-electron chi connectivity index (χ4n) is 1.80. The number of benzene rings is 1. The molecule has 130 valence electrons. The number of rotatable bonds is 8. The Bertz CT molecular complexity index is 630. The number of carbonyl (C=O) groups is 1. The van der Waals surface area contributed by atoms with E-state index >= 15 is 0 Å². The van der Waals surface area contributed by atoms with Gasteiger partial charge < -0.3 is 5.11 Å². The molecule has 0 atom stereocenters. The maximum absolute atomic E-state index is 12.1. The lowest BCUT2D eigenvalue weighted by Gasteiger charge is -2.18. The molecule has 0 aliphatic rings. The predicted molar refractivity (Wildman–Crippen MR) is 76.8 cm³/mol. The zero-order chi connectivity index (χ0) is 17.7. The Balaban J connectivity index is 2.48. The van der Waals surface area contributed by atoms with Gasteiger partial charge in [-0.05, 0) is 44.3 Å². The van der Waals surface area contributed by atoms with Crippen LogP contribution < -0.4 is 4.72 Å². The molecule has 0 aliphatic heterocycles. The molecular weight excluding hydrogens is 337 g/mol. The van der Waals surface area contributed by atoms with E-state index in [0.717, 1.165) is 29.2 Å². The molecule has 1 aromatic rings. The third-order valence-corrected chi connectivity index (χ3v) is 4.35. The first-order valence-electron chi connectivity index (χ1n) is 6.59. The second-order valence-electron chi connectivity index (χ2n) is 4.93. The number of hydrogen-bond donors (Lipinski definition) is 2. The van der Waals surface area contributed by atoms with Crippen molar-refractivity contribution in [1.29, 1.82) is 0 Å². The Hall–Kier alpha value is -1.65. The van der Waals surface area contributed by atoms with Gasteiger partial charge in [-0.25, -0.2) is 17.9 Å². The summed E-state index contributed by atoms with van der Waals surface area (Å²) in [7, 11) is -2.52. The van der Waals surface area contributed by atoms with Crippen LogP contribution in [0, 0.1) is 0 Å². The summed E-state index contributed by atoms with van der Waals surface area (Å²) in [4.78, 5) is 11.6. The van der Waals surface area contributed by atoms with Crippen molar-refractivity contribution in [2.24, 2.45) is 0 Å². The maximum Gasteiger partial charge on any atom is 0.401 e. The Morgan fingerprint density at radius 1 is 1.26 bits per heavy atom. The van der Waals surface area contributed by atoms with Crippen molar-refractivity contribution < 1.29 is 31.5 Å². The van der Waals surface area contributed by atoms with Crippen LogP contribution in [-0.2, 0) is 10.0 Å². The molecule has 0 bridgehead atoms. The highest BCUT2D eigenvalue weighted by atomic mass is 32.2. The largest absolute Gasteiger partial charge is 0.478 e. The molecule has 0 saturated heterocycles. The molecule has 6 nitrogen and oxygen atoms in total. The fraction of sp³-hybridized carbons (Fsp3) is 0.462. The molecule has 10 heteroatoms. The average Bonchev–Trinajstić information content (AvgIpc) is 2.42. The minimum absolute atomic E-state index is 0.0226. The lowest BCUT2D eigenvalue weighted by Crippen LogP contribution is -2.33. The van der Waals surface area contributed by atoms with E-state index in [1.807, 2.05) is 0 Å². The molecule has 0 unspecified atom stereocenters. The molecule has 2 N–H and O–H groups in total. The van der Waals surface area contributed by atoms with Gasteiger partial charge in [0.15, 0.2) is 0 Å². The maximum atomic E-state index is 12.1. The van der Waals surface area contributed by atoms with Crippen LogP contribution in [0.3, 0.4) is 0 Å². The van der Waals surface area contributed by atoms with Crippen molar-refractivity contribution in [3.05, 3.63) is 29.8 Å². The molecule has 23 heavy (non-hydrogen) atoms. The van der Waals surface area contributed by atoms with Gasteiger partial charge in [0.2, 0.25) is 10.0 Å². The van der Waals surface area contributed by atoms with Crippen molar-refractivity contribution in [2.75, 3.05) is 26.7 Å². The molecule has 1 rings (SSSR count). The molecule has 0 amide bonds. The van der Waals surface area contributed by atoms with Gasteiger partial charge in [0.05, 0.1) is 17.0 Å².